The van der Waals surface area contributed by atoms with Crippen LogP contribution >= 0.6 is 0 Å². The maximum atomic E-state index is 12.7. The van der Waals surface area contributed by atoms with E-state index in [1.54, 1.807) is 66.7 Å². The molecule has 0 fully saturated rings. The van der Waals surface area contributed by atoms with Gasteiger partial charge in [-0.1, -0.05) is 54.6 Å². The van der Waals surface area contributed by atoms with Gasteiger partial charge < -0.3 is 15.8 Å². The Labute approximate surface area is 161 Å². The second-order valence-electron chi connectivity index (χ2n) is 5.95. The van der Waals surface area contributed by atoms with Crippen LogP contribution in [-0.2, 0) is 9.53 Å². The molecule has 0 saturated carbocycles. The Hall–Kier alpha value is -3.93. The zero-order valence-electron chi connectivity index (χ0n) is 14.9. The highest BCUT2D eigenvalue weighted by atomic mass is 16.5. The molecule has 0 aromatic heterocycles. The third kappa shape index (κ3) is 4.42. The van der Waals surface area contributed by atoms with Crippen molar-refractivity contribution in [2.75, 3.05) is 17.7 Å². The Morgan fingerprint density at radius 1 is 0.786 bits per heavy atom. The number of carbonyl (C=O) groups excluding carboxylic acids is 3. The molecule has 3 rings (SSSR count). The summed E-state index contributed by atoms with van der Waals surface area (Å²) in [5.41, 5.74) is 7.38. The van der Waals surface area contributed by atoms with Gasteiger partial charge in [0.05, 0.1) is 11.3 Å². The Kier molecular flexibility index (Phi) is 5.81. The highest BCUT2D eigenvalue weighted by molar-refractivity contribution is 6.14. The summed E-state index contributed by atoms with van der Waals surface area (Å²) in [5, 5.41) is 2.61. The van der Waals surface area contributed by atoms with Crippen LogP contribution in [0.15, 0.2) is 78.9 Å². The predicted molar refractivity (Wildman–Crippen MR) is 106 cm³/mol. The smallest absolute Gasteiger partial charge is 0.340 e. The summed E-state index contributed by atoms with van der Waals surface area (Å²) in [5.74, 6) is -1.47. The Morgan fingerprint density at radius 3 is 2.11 bits per heavy atom. The first-order chi connectivity index (χ1) is 13.6. The SMILES string of the molecule is Nc1ccccc1C(=O)OCC(=O)Nc1ccccc1C(=O)c1ccccc1. The van der Waals surface area contributed by atoms with Gasteiger partial charge in [-0.3, -0.25) is 9.59 Å². The number of rotatable bonds is 6. The molecule has 140 valence electrons. The van der Waals surface area contributed by atoms with Crippen LogP contribution in [0, 0.1) is 0 Å². The molecular formula is C22H18N2O4. The quantitative estimate of drug-likeness (QED) is 0.392. The number of esters is 1. The first kappa shape index (κ1) is 18.8. The Bertz CT molecular complexity index is 1020. The number of para-hydroxylation sites is 2. The molecule has 0 aliphatic heterocycles. The van der Waals surface area contributed by atoms with Crippen LogP contribution < -0.4 is 11.1 Å². The van der Waals surface area contributed by atoms with Crippen LogP contribution in [-0.4, -0.2) is 24.3 Å². The lowest BCUT2D eigenvalue weighted by Gasteiger charge is -2.11. The monoisotopic (exact) mass is 374 g/mol. The number of hydrogen-bond donors (Lipinski definition) is 2. The molecule has 6 heteroatoms. The molecule has 28 heavy (non-hydrogen) atoms. The van der Waals surface area contributed by atoms with Crippen LogP contribution in [0.5, 0.6) is 0 Å². The maximum Gasteiger partial charge on any atom is 0.340 e. The topological polar surface area (TPSA) is 98.5 Å². The summed E-state index contributed by atoms with van der Waals surface area (Å²) in [4.78, 5) is 36.9. The first-order valence-electron chi connectivity index (χ1n) is 8.56. The van der Waals surface area contributed by atoms with E-state index in [2.05, 4.69) is 5.32 Å². The molecule has 0 saturated heterocycles. The lowest BCUT2D eigenvalue weighted by Crippen LogP contribution is -2.22. The normalized spacial score (nSPS) is 10.1. The van der Waals surface area contributed by atoms with Crippen LogP contribution in [0.3, 0.4) is 0 Å². The molecule has 1 amide bonds. The Balaban J connectivity index is 1.67. The average Bonchev–Trinajstić information content (AvgIpc) is 2.73. The zero-order chi connectivity index (χ0) is 19.9. The fourth-order valence-corrected chi connectivity index (χ4v) is 2.61. The van der Waals surface area contributed by atoms with Gasteiger partial charge in [-0.15, -0.1) is 0 Å². The number of hydrogen-bond acceptors (Lipinski definition) is 5. The van der Waals surface area contributed by atoms with Crippen molar-refractivity contribution in [3.05, 3.63) is 95.6 Å². The summed E-state index contributed by atoms with van der Waals surface area (Å²) in [6.45, 7) is -0.499. The van der Waals surface area contributed by atoms with Gasteiger partial charge in [0, 0.05) is 16.8 Å². The van der Waals surface area contributed by atoms with Gasteiger partial charge in [0.1, 0.15) is 0 Å². The van der Waals surface area contributed by atoms with Crippen molar-refractivity contribution in [2.45, 2.75) is 0 Å². The largest absolute Gasteiger partial charge is 0.452 e. The van der Waals surface area contributed by atoms with E-state index in [9.17, 15) is 14.4 Å². The Morgan fingerprint density at radius 2 is 1.39 bits per heavy atom. The molecule has 0 unspecified atom stereocenters. The van der Waals surface area contributed by atoms with Crippen molar-refractivity contribution in [3.8, 4) is 0 Å². The van der Waals surface area contributed by atoms with Gasteiger partial charge >= 0.3 is 5.97 Å². The van der Waals surface area contributed by atoms with Crippen molar-refractivity contribution in [1.29, 1.82) is 0 Å². The number of nitrogen functional groups attached to an aromatic ring is 1. The number of ether oxygens (including phenoxy) is 1. The van der Waals surface area contributed by atoms with Gasteiger partial charge in [0.25, 0.3) is 5.91 Å². The molecule has 0 heterocycles. The number of nitrogens with one attached hydrogen (secondary N) is 1. The van der Waals surface area contributed by atoms with Gasteiger partial charge in [0.2, 0.25) is 0 Å². The van der Waals surface area contributed by atoms with E-state index >= 15 is 0 Å². The van der Waals surface area contributed by atoms with Gasteiger partial charge in [-0.05, 0) is 24.3 Å². The third-order valence-electron chi connectivity index (χ3n) is 4.00. The van der Waals surface area contributed by atoms with E-state index in [0.717, 1.165) is 0 Å². The average molecular weight is 374 g/mol. The van der Waals surface area contributed by atoms with E-state index in [1.165, 1.54) is 6.07 Å². The fraction of sp³-hybridized carbons (Fsp3) is 0.0455. The number of nitrogens with two attached hydrogens (primary N) is 1. The van der Waals surface area contributed by atoms with Crippen molar-refractivity contribution in [3.63, 3.8) is 0 Å². The second-order valence-corrected chi connectivity index (χ2v) is 5.95. The van der Waals surface area contributed by atoms with Crippen molar-refractivity contribution in [1.82, 2.24) is 0 Å². The number of ketones is 1. The highest BCUT2D eigenvalue weighted by Crippen LogP contribution is 2.19. The maximum absolute atomic E-state index is 12.7. The zero-order valence-corrected chi connectivity index (χ0v) is 14.9. The summed E-state index contributed by atoms with van der Waals surface area (Å²) in [6, 6.07) is 21.8. The van der Waals surface area contributed by atoms with Gasteiger partial charge in [-0.2, -0.15) is 0 Å². The van der Waals surface area contributed by atoms with E-state index in [-0.39, 0.29) is 17.0 Å². The second kappa shape index (κ2) is 8.64. The molecule has 0 aliphatic carbocycles. The lowest BCUT2D eigenvalue weighted by atomic mass is 10.0. The van der Waals surface area contributed by atoms with Crippen LogP contribution in [0.25, 0.3) is 0 Å². The third-order valence-corrected chi connectivity index (χ3v) is 4.00. The molecule has 0 bridgehead atoms. The number of amides is 1. The molecule has 3 N–H and O–H groups in total. The molecule has 0 radical (unpaired) electrons. The summed E-state index contributed by atoms with van der Waals surface area (Å²) in [7, 11) is 0. The minimum absolute atomic E-state index is 0.190. The van der Waals surface area contributed by atoms with Crippen LogP contribution in [0.4, 0.5) is 11.4 Å². The van der Waals surface area contributed by atoms with E-state index in [4.69, 9.17) is 10.5 Å². The number of benzene rings is 3. The summed E-state index contributed by atoms with van der Waals surface area (Å²) in [6.07, 6.45) is 0. The standard InChI is InChI=1S/C22H18N2O4/c23-18-12-6-4-10-16(18)22(27)28-14-20(25)24-19-13-7-5-11-17(19)21(26)15-8-2-1-3-9-15/h1-13H,14,23H2,(H,24,25). The van der Waals surface area contributed by atoms with Crippen molar-refractivity contribution >= 4 is 29.0 Å². The molecule has 0 spiro atoms. The fourth-order valence-electron chi connectivity index (χ4n) is 2.61. The minimum atomic E-state index is -0.693. The number of carbonyl (C=O) groups is 3. The van der Waals surface area contributed by atoms with E-state index in [0.29, 0.717) is 16.8 Å². The molecular weight excluding hydrogens is 356 g/mol. The predicted octanol–water partition coefficient (Wildman–Crippen LogP) is 3.30. The molecule has 3 aromatic carbocycles. The van der Waals surface area contributed by atoms with Crippen LogP contribution in [0.2, 0.25) is 0 Å². The number of anilines is 2. The van der Waals surface area contributed by atoms with Crippen molar-refractivity contribution in [2.24, 2.45) is 0 Å². The van der Waals surface area contributed by atoms with Gasteiger partial charge in [0.15, 0.2) is 12.4 Å². The summed E-state index contributed by atoms with van der Waals surface area (Å²) >= 11 is 0. The highest BCUT2D eigenvalue weighted by Gasteiger charge is 2.16. The molecule has 0 aliphatic rings. The van der Waals surface area contributed by atoms with Crippen molar-refractivity contribution < 1.29 is 19.1 Å². The molecule has 3 aromatic rings. The van der Waals surface area contributed by atoms with Crippen LogP contribution in [0.1, 0.15) is 26.3 Å². The first-order valence-corrected chi connectivity index (χ1v) is 8.56. The van der Waals surface area contributed by atoms with E-state index < -0.39 is 18.5 Å². The van der Waals surface area contributed by atoms with E-state index in [1.807, 2.05) is 6.07 Å². The molecule has 6 nitrogen and oxygen atoms in total. The van der Waals surface area contributed by atoms with Gasteiger partial charge in [-0.25, -0.2) is 4.79 Å². The summed E-state index contributed by atoms with van der Waals surface area (Å²) < 4.78 is 5.01. The minimum Gasteiger partial charge on any atom is -0.452 e. The molecule has 0 atom stereocenters. The lowest BCUT2D eigenvalue weighted by molar-refractivity contribution is -0.119.